The van der Waals surface area contributed by atoms with Crippen LogP contribution < -0.4 is 0 Å². The van der Waals surface area contributed by atoms with Gasteiger partial charge in [0.1, 0.15) is 5.78 Å². The van der Waals surface area contributed by atoms with Crippen LogP contribution in [-0.2, 0) is 4.79 Å². The lowest BCUT2D eigenvalue weighted by molar-refractivity contribution is -0.125. The third-order valence-electron chi connectivity index (χ3n) is 3.32. The number of hydrogen-bond donors (Lipinski definition) is 0. The van der Waals surface area contributed by atoms with Crippen LogP contribution in [-0.4, -0.2) is 28.8 Å². The number of carbonyl (C=O) groups excluding carboxylic acids is 1. The number of rotatable bonds is 3. The molecule has 0 aromatic rings. The van der Waals surface area contributed by atoms with E-state index in [0.717, 1.165) is 19.3 Å². The fraction of sp³-hybridized carbons (Fsp3) is 0.923. The van der Waals surface area contributed by atoms with Crippen molar-refractivity contribution < 1.29 is 4.79 Å². The van der Waals surface area contributed by atoms with Crippen LogP contribution in [0.2, 0.25) is 0 Å². The fourth-order valence-corrected chi connectivity index (χ4v) is 2.77. The van der Waals surface area contributed by atoms with Crippen molar-refractivity contribution in [1.82, 2.24) is 4.90 Å². The molecular formula is C13H25NO. The van der Waals surface area contributed by atoms with Crippen LogP contribution in [0.4, 0.5) is 0 Å². The Bertz CT molecular complexity index is 203. The molecule has 1 fully saturated rings. The summed E-state index contributed by atoms with van der Waals surface area (Å²) in [6.45, 7) is 8.77. The number of hydrogen-bond acceptors (Lipinski definition) is 2. The summed E-state index contributed by atoms with van der Waals surface area (Å²) in [4.78, 5) is 14.4. The Morgan fingerprint density at radius 3 is 2.20 bits per heavy atom. The molecule has 15 heavy (non-hydrogen) atoms. The van der Waals surface area contributed by atoms with E-state index in [2.05, 4.69) is 32.6 Å². The zero-order chi connectivity index (χ0) is 11.4. The molecule has 0 saturated heterocycles. The standard InChI is InChI=1S/C13H25NO/c1-10(2)14(11(3)4)12-8-6-5-7-9-13(12)15/h10-12H,5-9H2,1-4H3. The van der Waals surface area contributed by atoms with E-state index < -0.39 is 0 Å². The Morgan fingerprint density at radius 2 is 1.67 bits per heavy atom. The van der Waals surface area contributed by atoms with Gasteiger partial charge in [0.2, 0.25) is 0 Å². The van der Waals surface area contributed by atoms with Crippen LogP contribution in [0.15, 0.2) is 0 Å². The molecule has 0 spiro atoms. The SMILES string of the molecule is CC(C)N(C(C)C)C1CCCCCC1=O. The van der Waals surface area contributed by atoms with Crippen LogP contribution >= 0.6 is 0 Å². The molecule has 0 radical (unpaired) electrons. The molecule has 0 heterocycles. The average molecular weight is 211 g/mol. The molecule has 88 valence electrons. The van der Waals surface area contributed by atoms with E-state index in [1.165, 1.54) is 12.8 Å². The van der Waals surface area contributed by atoms with Crippen molar-refractivity contribution in [2.45, 2.75) is 77.9 Å². The molecule has 2 nitrogen and oxygen atoms in total. The summed E-state index contributed by atoms with van der Waals surface area (Å²) in [6.07, 6.45) is 5.40. The molecule has 1 atom stereocenters. The average Bonchev–Trinajstić information content (AvgIpc) is 2.31. The summed E-state index contributed by atoms with van der Waals surface area (Å²) in [5, 5.41) is 0. The van der Waals surface area contributed by atoms with E-state index in [1.807, 2.05) is 0 Å². The molecule has 0 bridgehead atoms. The van der Waals surface area contributed by atoms with Gasteiger partial charge >= 0.3 is 0 Å². The normalized spacial score (nSPS) is 23.9. The first kappa shape index (κ1) is 12.7. The highest BCUT2D eigenvalue weighted by Crippen LogP contribution is 2.22. The minimum Gasteiger partial charge on any atom is -0.298 e. The molecule has 2 heteroatoms. The second-order valence-electron chi connectivity index (χ2n) is 5.22. The van der Waals surface area contributed by atoms with Gasteiger partial charge in [0.25, 0.3) is 0 Å². The Balaban J connectivity index is 2.75. The molecule has 1 saturated carbocycles. The van der Waals surface area contributed by atoms with Crippen molar-refractivity contribution in [2.24, 2.45) is 0 Å². The lowest BCUT2D eigenvalue weighted by Gasteiger charge is -2.36. The van der Waals surface area contributed by atoms with Crippen LogP contribution in [0.25, 0.3) is 0 Å². The Labute approximate surface area is 94.0 Å². The topological polar surface area (TPSA) is 20.3 Å². The van der Waals surface area contributed by atoms with Gasteiger partial charge < -0.3 is 0 Å². The third kappa shape index (κ3) is 3.30. The van der Waals surface area contributed by atoms with Gasteiger partial charge in [0, 0.05) is 18.5 Å². The number of Topliss-reactive ketones (excluding diaryl/α,β-unsaturated/α-hetero) is 1. The van der Waals surface area contributed by atoms with Crippen molar-refractivity contribution >= 4 is 5.78 Å². The molecule has 1 aliphatic carbocycles. The molecule has 1 aliphatic rings. The van der Waals surface area contributed by atoms with Crippen molar-refractivity contribution in [1.29, 1.82) is 0 Å². The zero-order valence-corrected chi connectivity index (χ0v) is 10.6. The van der Waals surface area contributed by atoms with Crippen LogP contribution in [0, 0.1) is 0 Å². The molecule has 0 aromatic carbocycles. The lowest BCUT2D eigenvalue weighted by Crippen LogP contribution is -2.48. The monoisotopic (exact) mass is 211 g/mol. The predicted octanol–water partition coefficient (Wildman–Crippen LogP) is 3.01. The summed E-state index contributed by atoms with van der Waals surface area (Å²) in [7, 11) is 0. The van der Waals surface area contributed by atoms with E-state index in [9.17, 15) is 4.79 Å². The summed E-state index contributed by atoms with van der Waals surface area (Å²) < 4.78 is 0. The first-order chi connectivity index (χ1) is 7.04. The van der Waals surface area contributed by atoms with Crippen LogP contribution in [0.1, 0.15) is 59.8 Å². The van der Waals surface area contributed by atoms with E-state index in [4.69, 9.17) is 0 Å². The van der Waals surface area contributed by atoms with Gasteiger partial charge in [0.05, 0.1) is 6.04 Å². The van der Waals surface area contributed by atoms with E-state index in [-0.39, 0.29) is 6.04 Å². The molecule has 1 unspecified atom stereocenters. The van der Waals surface area contributed by atoms with Crippen LogP contribution in [0.5, 0.6) is 0 Å². The van der Waals surface area contributed by atoms with Crippen molar-refractivity contribution in [2.75, 3.05) is 0 Å². The van der Waals surface area contributed by atoms with Crippen molar-refractivity contribution in [3.8, 4) is 0 Å². The van der Waals surface area contributed by atoms with E-state index >= 15 is 0 Å². The van der Waals surface area contributed by atoms with Gasteiger partial charge in [-0.3, -0.25) is 9.69 Å². The van der Waals surface area contributed by atoms with E-state index in [1.54, 1.807) is 0 Å². The van der Waals surface area contributed by atoms with Gasteiger partial charge in [-0.05, 0) is 40.5 Å². The molecule has 0 amide bonds. The van der Waals surface area contributed by atoms with Gasteiger partial charge in [-0.25, -0.2) is 0 Å². The number of nitrogens with zero attached hydrogens (tertiary/aromatic N) is 1. The molecule has 0 aromatic heterocycles. The third-order valence-corrected chi connectivity index (χ3v) is 3.32. The highest BCUT2D eigenvalue weighted by Gasteiger charge is 2.30. The summed E-state index contributed by atoms with van der Waals surface area (Å²) in [5.74, 6) is 0.468. The van der Waals surface area contributed by atoms with Crippen molar-refractivity contribution in [3.63, 3.8) is 0 Å². The maximum absolute atomic E-state index is 12.0. The molecule has 0 aliphatic heterocycles. The molecule has 0 N–H and O–H groups in total. The minimum atomic E-state index is 0.187. The number of ketones is 1. The smallest absolute Gasteiger partial charge is 0.149 e. The maximum atomic E-state index is 12.0. The summed E-state index contributed by atoms with van der Waals surface area (Å²) in [6, 6.07) is 1.13. The first-order valence-corrected chi connectivity index (χ1v) is 6.34. The summed E-state index contributed by atoms with van der Waals surface area (Å²) in [5.41, 5.74) is 0. The maximum Gasteiger partial charge on any atom is 0.149 e. The molecule has 1 rings (SSSR count). The minimum absolute atomic E-state index is 0.187. The molecular weight excluding hydrogens is 186 g/mol. The Hall–Kier alpha value is -0.370. The zero-order valence-electron chi connectivity index (χ0n) is 10.6. The highest BCUT2D eigenvalue weighted by atomic mass is 16.1. The fourth-order valence-electron chi connectivity index (χ4n) is 2.77. The largest absolute Gasteiger partial charge is 0.298 e. The summed E-state index contributed by atoms with van der Waals surface area (Å²) >= 11 is 0. The Morgan fingerprint density at radius 1 is 1.07 bits per heavy atom. The number of carbonyl (C=O) groups is 1. The second kappa shape index (κ2) is 5.64. The second-order valence-corrected chi connectivity index (χ2v) is 5.22. The van der Waals surface area contributed by atoms with Gasteiger partial charge in [-0.1, -0.05) is 12.8 Å². The van der Waals surface area contributed by atoms with Crippen molar-refractivity contribution in [3.05, 3.63) is 0 Å². The quantitative estimate of drug-likeness (QED) is 0.669. The highest BCUT2D eigenvalue weighted by molar-refractivity contribution is 5.84. The van der Waals surface area contributed by atoms with Gasteiger partial charge in [-0.15, -0.1) is 0 Å². The van der Waals surface area contributed by atoms with Gasteiger partial charge in [0.15, 0.2) is 0 Å². The van der Waals surface area contributed by atoms with E-state index in [0.29, 0.717) is 17.9 Å². The lowest BCUT2D eigenvalue weighted by atomic mass is 10.0. The van der Waals surface area contributed by atoms with Gasteiger partial charge in [-0.2, -0.15) is 0 Å². The first-order valence-electron chi connectivity index (χ1n) is 6.34. The Kier molecular flexibility index (Phi) is 4.78. The van der Waals surface area contributed by atoms with Crippen LogP contribution in [0.3, 0.4) is 0 Å². The predicted molar refractivity (Wildman–Crippen MR) is 64.0 cm³/mol.